The predicted octanol–water partition coefficient (Wildman–Crippen LogP) is 3.25. The molecule has 1 rings (SSSR count). The van der Waals surface area contributed by atoms with E-state index in [1.807, 2.05) is 31.2 Å². The molecule has 0 saturated carbocycles. The van der Waals surface area contributed by atoms with E-state index in [9.17, 15) is 4.79 Å². The monoisotopic (exact) mass is 326 g/mol. The molecule has 2 unspecified atom stereocenters. The molecule has 4 heteroatoms. The number of hydrogen-bond donors (Lipinski definition) is 2. The van der Waals surface area contributed by atoms with Crippen LogP contribution in [-0.2, 0) is 4.79 Å². The van der Waals surface area contributed by atoms with Crippen molar-refractivity contribution in [3.63, 3.8) is 0 Å². The number of hydrogen-bond acceptors (Lipinski definition) is 2. The van der Waals surface area contributed by atoms with Crippen LogP contribution in [0.3, 0.4) is 0 Å². The maximum atomic E-state index is 12.2. The molecule has 1 aromatic carbocycles. The van der Waals surface area contributed by atoms with Crippen LogP contribution < -0.4 is 11.1 Å². The first-order chi connectivity index (χ1) is 8.93. The molecule has 0 heterocycles. The average molecular weight is 327 g/mol. The average Bonchev–Trinajstić information content (AvgIpc) is 2.35. The van der Waals surface area contributed by atoms with Crippen LogP contribution in [-0.4, -0.2) is 12.5 Å². The van der Waals surface area contributed by atoms with Gasteiger partial charge in [-0.25, -0.2) is 0 Å². The van der Waals surface area contributed by atoms with Gasteiger partial charge in [0.25, 0.3) is 0 Å². The Morgan fingerprint density at radius 1 is 1.37 bits per heavy atom. The molecule has 0 fully saturated rings. The second-order valence-electron chi connectivity index (χ2n) is 5.35. The van der Waals surface area contributed by atoms with Crippen LogP contribution in [0.2, 0.25) is 0 Å². The maximum Gasteiger partial charge on any atom is 0.224 e. The van der Waals surface area contributed by atoms with Crippen molar-refractivity contribution in [1.29, 1.82) is 0 Å². The lowest BCUT2D eigenvalue weighted by Gasteiger charge is -2.21. The van der Waals surface area contributed by atoms with Crippen LogP contribution in [0.5, 0.6) is 0 Å². The molecule has 0 radical (unpaired) electrons. The van der Waals surface area contributed by atoms with Crippen molar-refractivity contribution < 1.29 is 4.79 Å². The Balaban J connectivity index is 2.65. The number of halogens is 1. The molecule has 3 N–H and O–H groups in total. The fourth-order valence-electron chi connectivity index (χ4n) is 2.07. The summed E-state index contributed by atoms with van der Waals surface area (Å²) in [7, 11) is 0. The summed E-state index contributed by atoms with van der Waals surface area (Å²) >= 11 is 3.44. The number of rotatable bonds is 6. The Morgan fingerprint density at radius 3 is 2.58 bits per heavy atom. The number of carbonyl (C=O) groups is 1. The molecular formula is C15H23BrN2O. The van der Waals surface area contributed by atoms with Crippen LogP contribution in [0.1, 0.15) is 38.8 Å². The van der Waals surface area contributed by atoms with Crippen molar-refractivity contribution in [1.82, 2.24) is 5.32 Å². The van der Waals surface area contributed by atoms with Crippen LogP contribution in [0.25, 0.3) is 0 Å². The van der Waals surface area contributed by atoms with Gasteiger partial charge >= 0.3 is 0 Å². The minimum absolute atomic E-state index is 0.00814. The van der Waals surface area contributed by atoms with E-state index in [4.69, 9.17) is 5.73 Å². The highest BCUT2D eigenvalue weighted by Gasteiger charge is 2.20. The van der Waals surface area contributed by atoms with E-state index in [0.29, 0.717) is 12.5 Å². The van der Waals surface area contributed by atoms with Gasteiger partial charge in [0, 0.05) is 11.0 Å². The fourth-order valence-corrected chi connectivity index (χ4v) is 2.49. The Bertz CT molecular complexity index is 420. The molecule has 0 bridgehead atoms. The third-order valence-corrected chi connectivity index (χ3v) is 3.61. The summed E-state index contributed by atoms with van der Waals surface area (Å²) in [5, 5.41) is 3.04. The lowest BCUT2D eigenvalue weighted by molar-refractivity contribution is -0.125. The van der Waals surface area contributed by atoms with E-state index in [2.05, 4.69) is 35.1 Å². The summed E-state index contributed by atoms with van der Waals surface area (Å²) in [5.41, 5.74) is 6.78. The zero-order valence-corrected chi connectivity index (χ0v) is 13.4. The van der Waals surface area contributed by atoms with Gasteiger partial charge in [-0.3, -0.25) is 4.79 Å². The first-order valence-electron chi connectivity index (χ1n) is 6.70. The molecule has 2 atom stereocenters. The summed E-state index contributed by atoms with van der Waals surface area (Å²) in [6, 6.07) is 7.96. The van der Waals surface area contributed by atoms with Gasteiger partial charge in [-0.1, -0.05) is 41.9 Å². The first kappa shape index (κ1) is 16.2. The van der Waals surface area contributed by atoms with Crippen molar-refractivity contribution in [3.05, 3.63) is 34.3 Å². The number of nitrogens with two attached hydrogens (primary N) is 1. The number of nitrogens with one attached hydrogen (secondary N) is 1. The lowest BCUT2D eigenvalue weighted by atomic mass is 9.96. The molecule has 0 aliphatic heterocycles. The van der Waals surface area contributed by atoms with Crippen molar-refractivity contribution in [3.8, 4) is 0 Å². The van der Waals surface area contributed by atoms with E-state index in [-0.39, 0.29) is 17.9 Å². The molecule has 0 aromatic heterocycles. The van der Waals surface area contributed by atoms with Crippen LogP contribution in [0, 0.1) is 11.8 Å². The highest BCUT2D eigenvalue weighted by molar-refractivity contribution is 9.10. The van der Waals surface area contributed by atoms with Gasteiger partial charge in [0.15, 0.2) is 0 Å². The van der Waals surface area contributed by atoms with Gasteiger partial charge in [-0.2, -0.15) is 0 Å². The second-order valence-corrected chi connectivity index (χ2v) is 6.26. The fraction of sp³-hybridized carbons (Fsp3) is 0.533. The summed E-state index contributed by atoms with van der Waals surface area (Å²) in [4.78, 5) is 12.2. The van der Waals surface area contributed by atoms with E-state index in [1.165, 1.54) is 0 Å². The van der Waals surface area contributed by atoms with Gasteiger partial charge in [0.2, 0.25) is 5.91 Å². The summed E-state index contributed by atoms with van der Waals surface area (Å²) < 4.78 is 1.02. The summed E-state index contributed by atoms with van der Waals surface area (Å²) in [6.45, 7) is 6.60. The van der Waals surface area contributed by atoms with Gasteiger partial charge in [0.1, 0.15) is 0 Å². The molecule has 0 spiro atoms. The van der Waals surface area contributed by atoms with E-state index >= 15 is 0 Å². The minimum Gasteiger partial charge on any atom is -0.349 e. The summed E-state index contributed by atoms with van der Waals surface area (Å²) in [5.74, 6) is 0.416. The van der Waals surface area contributed by atoms with Crippen molar-refractivity contribution in [2.24, 2.45) is 17.6 Å². The Hall–Kier alpha value is -0.870. The molecule has 3 nitrogen and oxygen atoms in total. The highest BCUT2D eigenvalue weighted by Crippen LogP contribution is 2.19. The van der Waals surface area contributed by atoms with Gasteiger partial charge in [-0.05, 0) is 37.0 Å². The third-order valence-electron chi connectivity index (χ3n) is 3.12. The minimum atomic E-state index is -0.102. The SMILES string of the molecule is CC(C)CC(CN)C(=O)NC(C)c1cccc(Br)c1. The Kier molecular flexibility index (Phi) is 6.52. The van der Waals surface area contributed by atoms with E-state index in [1.54, 1.807) is 0 Å². The van der Waals surface area contributed by atoms with Crippen molar-refractivity contribution in [2.45, 2.75) is 33.2 Å². The zero-order chi connectivity index (χ0) is 14.4. The quantitative estimate of drug-likeness (QED) is 0.843. The van der Waals surface area contributed by atoms with Crippen LogP contribution in [0.15, 0.2) is 28.7 Å². The van der Waals surface area contributed by atoms with Crippen LogP contribution in [0.4, 0.5) is 0 Å². The van der Waals surface area contributed by atoms with Gasteiger partial charge < -0.3 is 11.1 Å². The van der Waals surface area contributed by atoms with Crippen molar-refractivity contribution >= 4 is 21.8 Å². The Labute approximate surface area is 124 Å². The number of benzene rings is 1. The van der Waals surface area contributed by atoms with Gasteiger partial charge in [-0.15, -0.1) is 0 Å². The molecule has 0 aliphatic carbocycles. The van der Waals surface area contributed by atoms with Crippen molar-refractivity contribution in [2.75, 3.05) is 6.54 Å². The van der Waals surface area contributed by atoms with E-state index < -0.39 is 0 Å². The summed E-state index contributed by atoms with van der Waals surface area (Å²) in [6.07, 6.45) is 0.827. The Morgan fingerprint density at radius 2 is 2.05 bits per heavy atom. The lowest BCUT2D eigenvalue weighted by Crippen LogP contribution is -2.37. The zero-order valence-electron chi connectivity index (χ0n) is 11.8. The second kappa shape index (κ2) is 7.65. The third kappa shape index (κ3) is 5.33. The van der Waals surface area contributed by atoms with E-state index in [0.717, 1.165) is 16.5 Å². The highest BCUT2D eigenvalue weighted by atomic mass is 79.9. The predicted molar refractivity (Wildman–Crippen MR) is 82.7 cm³/mol. The molecule has 106 valence electrons. The molecule has 19 heavy (non-hydrogen) atoms. The normalized spacial score (nSPS) is 14.2. The number of amides is 1. The largest absolute Gasteiger partial charge is 0.349 e. The smallest absolute Gasteiger partial charge is 0.224 e. The molecular weight excluding hydrogens is 304 g/mol. The molecule has 0 aliphatic rings. The first-order valence-corrected chi connectivity index (χ1v) is 7.49. The molecule has 0 saturated heterocycles. The van der Waals surface area contributed by atoms with Crippen LogP contribution >= 0.6 is 15.9 Å². The molecule has 1 amide bonds. The number of carbonyl (C=O) groups excluding carboxylic acids is 1. The standard InChI is InChI=1S/C15H23BrN2O/c1-10(2)7-13(9-17)15(19)18-11(3)12-5-4-6-14(16)8-12/h4-6,8,10-11,13H,7,9,17H2,1-3H3,(H,18,19). The topological polar surface area (TPSA) is 55.1 Å². The van der Waals surface area contributed by atoms with Gasteiger partial charge in [0.05, 0.1) is 12.0 Å². The molecule has 1 aromatic rings. The maximum absolute atomic E-state index is 12.2.